The van der Waals surface area contributed by atoms with Crippen LogP contribution >= 0.6 is 0 Å². The monoisotopic (exact) mass is 400 g/mol. The smallest absolute Gasteiger partial charge is 0.0907 e. The largest absolute Gasteiger partial charge is 0.759 e. The Bertz CT molecular complexity index is 395. The molecule has 9 nitrogen and oxygen atoms in total. The first kappa shape index (κ1) is 32.8. The van der Waals surface area contributed by atoms with Gasteiger partial charge < -0.3 is 34.2 Å². The van der Waals surface area contributed by atoms with Crippen molar-refractivity contribution in [2.45, 2.75) is 0 Å². The minimum atomic E-state index is -5.17. The third-order valence-corrected chi connectivity index (χ3v) is 2.50. The van der Waals surface area contributed by atoms with Gasteiger partial charge in [0.15, 0.2) is 0 Å². The minimum Gasteiger partial charge on any atom is -0.759 e. The van der Waals surface area contributed by atoms with Crippen molar-refractivity contribution in [2.24, 2.45) is 0 Å². The highest BCUT2D eigenvalue weighted by molar-refractivity contribution is 7.79. The van der Waals surface area contributed by atoms with Crippen LogP contribution in [0.3, 0.4) is 0 Å². The standard InChI is InChI=1S/2C8H19N2.H2O4S.H2O/c2*1-5-6-9-7-8-10(2,3)4;1-5(2,3)4;/h2*5,9H,1,6-8H2,2-4H3;(H2,1,2,3,4);1H2/q2*+1;;/p-2. The van der Waals surface area contributed by atoms with Crippen LogP contribution in [0.1, 0.15) is 0 Å². The zero-order valence-corrected chi connectivity index (χ0v) is 18.1. The van der Waals surface area contributed by atoms with Crippen molar-refractivity contribution < 1.29 is 32.0 Å². The maximum absolute atomic E-state index is 8.52. The van der Waals surface area contributed by atoms with E-state index in [2.05, 4.69) is 66.1 Å². The van der Waals surface area contributed by atoms with Crippen LogP contribution in [0, 0.1) is 0 Å². The highest BCUT2D eigenvalue weighted by atomic mass is 32.3. The minimum absolute atomic E-state index is 0. The summed E-state index contributed by atoms with van der Waals surface area (Å²) in [6.45, 7) is 13.5. The van der Waals surface area contributed by atoms with Crippen LogP contribution in [0.15, 0.2) is 25.3 Å². The summed E-state index contributed by atoms with van der Waals surface area (Å²) in [6, 6.07) is 0. The van der Waals surface area contributed by atoms with Gasteiger partial charge in [-0.2, -0.15) is 0 Å². The van der Waals surface area contributed by atoms with Crippen molar-refractivity contribution in [2.75, 3.05) is 81.6 Å². The summed E-state index contributed by atoms with van der Waals surface area (Å²) in [4.78, 5) is 0. The zero-order chi connectivity index (χ0) is 20.6. The first-order chi connectivity index (χ1) is 11.1. The fraction of sp³-hybridized carbons (Fsp3) is 0.750. The molecule has 0 aliphatic rings. The van der Waals surface area contributed by atoms with Crippen molar-refractivity contribution >= 4 is 10.4 Å². The summed E-state index contributed by atoms with van der Waals surface area (Å²) in [6.07, 6.45) is 3.77. The number of hydrogen-bond donors (Lipinski definition) is 2. The van der Waals surface area contributed by atoms with E-state index in [1.165, 1.54) is 0 Å². The fourth-order valence-electron chi connectivity index (χ4n) is 1.24. The lowest BCUT2D eigenvalue weighted by Gasteiger charge is -2.23. The maximum atomic E-state index is 8.52. The van der Waals surface area contributed by atoms with Crippen LogP contribution in [-0.4, -0.2) is 114 Å². The molecule has 0 aromatic carbocycles. The molecule has 0 radical (unpaired) electrons. The highest BCUT2D eigenvalue weighted by Gasteiger charge is 2.04. The van der Waals surface area contributed by atoms with Crippen molar-refractivity contribution in [1.29, 1.82) is 0 Å². The molecule has 0 aliphatic heterocycles. The van der Waals surface area contributed by atoms with E-state index in [1.807, 2.05) is 12.2 Å². The molecule has 0 atom stereocenters. The number of hydrogen-bond acceptors (Lipinski definition) is 6. The highest BCUT2D eigenvalue weighted by Crippen LogP contribution is 1.86. The van der Waals surface area contributed by atoms with E-state index in [0.717, 1.165) is 48.2 Å². The Balaban J connectivity index is -0.000000145. The lowest BCUT2D eigenvalue weighted by atomic mass is 10.5. The Hall–Kier alpha value is -0.850. The molecule has 0 heterocycles. The summed E-state index contributed by atoms with van der Waals surface area (Å²) in [7, 11) is 7.97. The third kappa shape index (κ3) is 65.7. The Morgan fingerprint density at radius 2 is 1.04 bits per heavy atom. The molecule has 160 valence electrons. The van der Waals surface area contributed by atoms with Gasteiger partial charge in [-0.1, -0.05) is 12.2 Å². The topological polar surface area (TPSA) is 136 Å². The molecule has 0 spiro atoms. The van der Waals surface area contributed by atoms with E-state index in [-0.39, 0.29) is 5.48 Å². The van der Waals surface area contributed by atoms with Gasteiger partial charge in [-0.05, 0) is 0 Å². The van der Waals surface area contributed by atoms with Gasteiger partial charge >= 0.3 is 0 Å². The van der Waals surface area contributed by atoms with E-state index in [0.29, 0.717) is 0 Å². The van der Waals surface area contributed by atoms with Crippen LogP contribution in [0.2, 0.25) is 0 Å². The second-order valence-electron chi connectivity index (χ2n) is 7.42. The summed E-state index contributed by atoms with van der Waals surface area (Å²) in [5, 5.41) is 6.52. The molecule has 0 aromatic heterocycles. The zero-order valence-electron chi connectivity index (χ0n) is 17.2. The fourth-order valence-corrected chi connectivity index (χ4v) is 1.24. The van der Waals surface area contributed by atoms with Crippen LogP contribution < -0.4 is 10.6 Å². The lowest BCUT2D eigenvalue weighted by Crippen LogP contribution is -2.40. The van der Waals surface area contributed by atoms with Gasteiger partial charge in [-0.3, -0.25) is 8.42 Å². The predicted octanol–water partition coefficient (Wildman–Crippen LogP) is -1.23. The number of nitrogens with one attached hydrogen (secondary N) is 2. The van der Waals surface area contributed by atoms with Gasteiger partial charge in [0.2, 0.25) is 0 Å². The molecule has 0 aliphatic carbocycles. The molecule has 10 heteroatoms. The molecule has 0 unspecified atom stereocenters. The third-order valence-electron chi connectivity index (χ3n) is 2.50. The molecule has 0 bridgehead atoms. The molecule has 0 rings (SSSR count). The molecule has 26 heavy (non-hydrogen) atoms. The average molecular weight is 401 g/mol. The average Bonchev–Trinajstić information content (AvgIpc) is 2.37. The van der Waals surface area contributed by atoms with Crippen LogP contribution in [0.4, 0.5) is 0 Å². The molecular formula is C16H40N4O5S. The molecule has 0 amide bonds. The van der Waals surface area contributed by atoms with E-state index >= 15 is 0 Å². The first-order valence-electron chi connectivity index (χ1n) is 8.03. The Morgan fingerprint density at radius 3 is 1.19 bits per heavy atom. The number of quaternary nitrogens is 2. The first-order valence-corrected chi connectivity index (χ1v) is 9.36. The molecule has 4 N–H and O–H groups in total. The van der Waals surface area contributed by atoms with E-state index in [4.69, 9.17) is 17.5 Å². The van der Waals surface area contributed by atoms with Crippen molar-refractivity contribution in [1.82, 2.24) is 10.6 Å². The summed E-state index contributed by atoms with van der Waals surface area (Å²) >= 11 is 0. The molecule has 0 saturated heterocycles. The van der Waals surface area contributed by atoms with Crippen molar-refractivity contribution in [3.8, 4) is 0 Å². The Kier molecular flexibility index (Phi) is 22.1. The normalized spacial score (nSPS) is 11.1. The molecule has 0 aromatic rings. The van der Waals surface area contributed by atoms with Crippen molar-refractivity contribution in [3.05, 3.63) is 25.3 Å². The second-order valence-corrected chi connectivity index (χ2v) is 8.24. The lowest BCUT2D eigenvalue weighted by molar-refractivity contribution is -0.869. The summed E-state index contributed by atoms with van der Waals surface area (Å²) in [5.74, 6) is 0. The van der Waals surface area contributed by atoms with E-state index in [1.54, 1.807) is 0 Å². The maximum Gasteiger partial charge on any atom is 0.0907 e. The Morgan fingerprint density at radius 1 is 0.808 bits per heavy atom. The van der Waals surface area contributed by atoms with Gasteiger partial charge in [0.1, 0.15) is 0 Å². The van der Waals surface area contributed by atoms with Gasteiger partial charge in [0, 0.05) is 36.6 Å². The van der Waals surface area contributed by atoms with Crippen LogP contribution in [-0.2, 0) is 10.4 Å². The quantitative estimate of drug-likeness (QED) is 0.155. The summed E-state index contributed by atoms with van der Waals surface area (Å²) < 4.78 is 36.1. The van der Waals surface area contributed by atoms with Crippen molar-refractivity contribution in [3.63, 3.8) is 0 Å². The van der Waals surface area contributed by atoms with Gasteiger partial charge in [-0.15, -0.1) is 13.2 Å². The van der Waals surface area contributed by atoms with Gasteiger partial charge in [0.05, 0.1) is 55.4 Å². The number of nitrogens with zero attached hydrogens (tertiary/aromatic N) is 2. The van der Waals surface area contributed by atoms with E-state index in [9.17, 15) is 0 Å². The van der Waals surface area contributed by atoms with E-state index < -0.39 is 10.4 Å². The number of rotatable bonds is 10. The molecule has 0 saturated carbocycles. The van der Waals surface area contributed by atoms with Crippen LogP contribution in [0.5, 0.6) is 0 Å². The second kappa shape index (κ2) is 17.6. The predicted molar refractivity (Wildman–Crippen MR) is 106 cm³/mol. The summed E-state index contributed by atoms with van der Waals surface area (Å²) in [5.41, 5.74) is 0. The van der Waals surface area contributed by atoms with Crippen LogP contribution in [0.25, 0.3) is 0 Å². The number of likely N-dealkylation sites (N-methyl/N-ethyl adjacent to an activating group) is 2. The van der Waals surface area contributed by atoms with Gasteiger partial charge in [0.25, 0.3) is 0 Å². The SMILES string of the molecule is C=CCNCC[N+](C)(C)C.C=CCNCC[N+](C)(C)C.O.O=S(=O)([O-])[O-]. The molecule has 0 fully saturated rings. The van der Waals surface area contributed by atoms with Gasteiger partial charge in [-0.25, -0.2) is 0 Å². The Labute approximate surface area is 160 Å². The molecular weight excluding hydrogens is 360 g/mol.